The average Bonchev–Trinajstić information content (AvgIpc) is 2.55. The van der Waals surface area contributed by atoms with Crippen LogP contribution < -0.4 is 0 Å². The summed E-state index contributed by atoms with van der Waals surface area (Å²) in [6.45, 7) is 4.83. The van der Waals surface area contributed by atoms with Crippen molar-refractivity contribution in [3.05, 3.63) is 0 Å². The Morgan fingerprint density at radius 1 is 0.786 bits per heavy atom. The summed E-state index contributed by atoms with van der Waals surface area (Å²) < 4.78 is 37.6. The van der Waals surface area contributed by atoms with E-state index < -0.39 is 28.8 Å². The molecule has 0 saturated carbocycles. The molecule has 0 aromatic carbocycles. The van der Waals surface area contributed by atoms with Crippen molar-refractivity contribution in [2.75, 3.05) is 6.61 Å². The molecule has 0 atom stereocenters. The number of hydrogen-bond donors (Lipinski definition) is 1. The minimum Gasteiger partial charge on any atom is -0.466 e. The van der Waals surface area contributed by atoms with Gasteiger partial charge < -0.3 is 8.92 Å². The van der Waals surface area contributed by atoms with Gasteiger partial charge in [0.05, 0.1) is 19.4 Å². The Hall–Kier alpha value is -0.150. The van der Waals surface area contributed by atoms with Crippen molar-refractivity contribution in [2.45, 2.75) is 97.3 Å². The van der Waals surface area contributed by atoms with Gasteiger partial charge in [-0.05, 0) is 12.3 Å². The van der Waals surface area contributed by atoms with Gasteiger partial charge in [-0.15, -0.1) is 0 Å². The number of rotatable bonds is 17. The van der Waals surface area contributed by atoms with E-state index in [1.54, 1.807) is 0 Å². The van der Waals surface area contributed by atoms with Gasteiger partial charge in [-0.3, -0.25) is 14.1 Å². The van der Waals surface area contributed by atoms with Crippen LogP contribution in [-0.2, 0) is 28.9 Å². The summed E-state index contributed by atoms with van der Waals surface area (Å²) in [5.41, 5.74) is 0. The summed E-state index contributed by atoms with van der Waals surface area (Å²) in [6, 6.07) is 0. The van der Waals surface area contributed by atoms with E-state index in [2.05, 4.69) is 18.0 Å². The van der Waals surface area contributed by atoms with E-state index in [4.69, 9.17) is 9.29 Å². The Kier molecular flexibility index (Phi) is 20.2. The Morgan fingerprint density at radius 2 is 1.21 bits per heavy atom. The van der Waals surface area contributed by atoms with Crippen LogP contribution in [-0.4, -0.2) is 61.1 Å². The molecule has 1 radical (unpaired) electrons. The zero-order valence-corrected chi connectivity index (χ0v) is 20.6. The van der Waals surface area contributed by atoms with E-state index >= 15 is 0 Å². The minimum atomic E-state index is -4.82. The molecule has 28 heavy (non-hydrogen) atoms. The van der Waals surface area contributed by atoms with E-state index in [1.807, 2.05) is 0 Å². The van der Waals surface area contributed by atoms with Crippen LogP contribution in [0.4, 0.5) is 0 Å². The molecule has 0 spiro atoms. The molecule has 0 heterocycles. The second-order valence-electron chi connectivity index (χ2n) is 7.32. The fourth-order valence-corrected chi connectivity index (χ4v) is 3.01. The smallest absolute Gasteiger partial charge is 0.448 e. The molecule has 0 aliphatic rings. The van der Waals surface area contributed by atoms with Crippen molar-refractivity contribution in [1.82, 2.24) is 0 Å². The molecule has 7 nitrogen and oxygen atoms in total. The van der Waals surface area contributed by atoms with Gasteiger partial charge in [-0.25, -0.2) is 0 Å². The molecule has 9 heteroatoms. The summed E-state index contributed by atoms with van der Waals surface area (Å²) in [4.78, 5) is 22.4. The summed E-state index contributed by atoms with van der Waals surface area (Å²) in [5, 5.41) is 0. The predicted octanol–water partition coefficient (Wildman–Crippen LogP) is 4.22. The van der Waals surface area contributed by atoms with Crippen LogP contribution >= 0.6 is 0 Å². The zero-order valence-electron chi connectivity index (χ0n) is 17.8. The molecule has 0 unspecified atom stereocenters. The third-order valence-corrected chi connectivity index (χ3v) is 4.57. The van der Waals surface area contributed by atoms with E-state index in [1.165, 1.54) is 51.4 Å². The van der Waals surface area contributed by atoms with Gasteiger partial charge in [0.15, 0.2) is 0 Å². The molecule has 0 aliphatic heterocycles. The fourth-order valence-electron chi connectivity index (χ4n) is 2.69. The third-order valence-electron chi connectivity index (χ3n) is 4.17. The molecular formula is C19H36NaO7S. The number of unbranched alkanes of at least 4 members (excludes halogenated alkanes) is 9. The number of carbonyl (C=O) groups is 2. The summed E-state index contributed by atoms with van der Waals surface area (Å²) in [6.07, 6.45) is 12.6. The van der Waals surface area contributed by atoms with Crippen LogP contribution in [0.25, 0.3) is 0 Å². The third kappa shape index (κ3) is 23.9. The van der Waals surface area contributed by atoms with Crippen molar-refractivity contribution in [1.29, 1.82) is 0 Å². The molecule has 0 bridgehead atoms. The Balaban J connectivity index is 0. The average molecular weight is 432 g/mol. The summed E-state index contributed by atoms with van der Waals surface area (Å²) >= 11 is 0. The van der Waals surface area contributed by atoms with Crippen molar-refractivity contribution >= 4 is 51.9 Å². The second kappa shape index (κ2) is 18.9. The molecule has 0 aromatic rings. The van der Waals surface area contributed by atoms with Crippen LogP contribution in [0.15, 0.2) is 0 Å². The first-order valence-electron chi connectivity index (χ1n) is 10.1. The number of carbonyl (C=O) groups excluding carboxylic acids is 2. The first-order valence-corrected chi connectivity index (χ1v) is 11.4. The predicted molar refractivity (Wildman–Crippen MR) is 109 cm³/mol. The summed E-state index contributed by atoms with van der Waals surface area (Å²) in [5.74, 6) is -0.958. The normalized spacial score (nSPS) is 11.1. The molecule has 0 fully saturated rings. The SMILES string of the molecule is CC(C)CCCCCCCCCCCCOC(=O)CCC(=O)OS(=O)(=O)O.[Na]. The first-order chi connectivity index (χ1) is 12.7. The van der Waals surface area contributed by atoms with Gasteiger partial charge in [0.1, 0.15) is 0 Å². The molecule has 0 aromatic heterocycles. The van der Waals surface area contributed by atoms with Crippen LogP contribution in [0, 0.1) is 5.92 Å². The van der Waals surface area contributed by atoms with E-state index in [0.717, 1.165) is 25.2 Å². The maximum absolute atomic E-state index is 11.4. The van der Waals surface area contributed by atoms with Crippen LogP contribution in [0.1, 0.15) is 97.3 Å². The molecule has 0 aliphatic carbocycles. The van der Waals surface area contributed by atoms with Gasteiger partial charge in [0.25, 0.3) is 0 Å². The standard InChI is InChI=1S/C19H36O7S.Na/c1-17(2)13-11-9-7-5-3-4-6-8-10-12-16-25-18(20)14-15-19(21)26-27(22,23)24;/h17H,3-16H2,1-2H3,(H,22,23,24);. The van der Waals surface area contributed by atoms with Crippen molar-refractivity contribution in [2.24, 2.45) is 5.92 Å². The first kappa shape index (κ1) is 30.0. The fraction of sp³-hybridized carbons (Fsp3) is 0.895. The second-order valence-corrected chi connectivity index (χ2v) is 8.34. The molecule has 0 amide bonds. The number of ether oxygens (including phenoxy) is 1. The quantitative estimate of drug-likeness (QED) is 0.159. The topological polar surface area (TPSA) is 107 Å². The van der Waals surface area contributed by atoms with Gasteiger partial charge in [0.2, 0.25) is 0 Å². The van der Waals surface area contributed by atoms with Gasteiger partial charge >= 0.3 is 22.3 Å². The van der Waals surface area contributed by atoms with Gasteiger partial charge in [-0.1, -0.05) is 78.1 Å². The maximum atomic E-state index is 11.4. The largest absolute Gasteiger partial charge is 0.466 e. The van der Waals surface area contributed by atoms with Crippen LogP contribution in [0.3, 0.4) is 0 Å². The van der Waals surface area contributed by atoms with Crippen LogP contribution in [0.2, 0.25) is 0 Å². The van der Waals surface area contributed by atoms with E-state index in [0.29, 0.717) is 6.61 Å². The van der Waals surface area contributed by atoms with Gasteiger partial charge in [0, 0.05) is 29.6 Å². The summed E-state index contributed by atoms with van der Waals surface area (Å²) in [7, 11) is -4.82. The maximum Gasteiger partial charge on any atom is 0.448 e. The van der Waals surface area contributed by atoms with Gasteiger partial charge in [-0.2, -0.15) is 8.42 Å². The number of esters is 1. The van der Waals surface area contributed by atoms with Crippen molar-refractivity contribution < 1.29 is 31.5 Å². The monoisotopic (exact) mass is 431 g/mol. The van der Waals surface area contributed by atoms with Crippen LogP contribution in [0.5, 0.6) is 0 Å². The van der Waals surface area contributed by atoms with Crippen molar-refractivity contribution in [3.63, 3.8) is 0 Å². The molecule has 161 valence electrons. The Bertz CT molecular complexity index is 506. The van der Waals surface area contributed by atoms with Crippen molar-refractivity contribution in [3.8, 4) is 0 Å². The Morgan fingerprint density at radius 3 is 1.68 bits per heavy atom. The Labute approximate surface area is 192 Å². The number of hydrogen-bond acceptors (Lipinski definition) is 6. The molecule has 1 N–H and O–H groups in total. The van der Waals surface area contributed by atoms with E-state index in [-0.39, 0.29) is 36.0 Å². The zero-order chi connectivity index (χ0) is 20.5. The minimum absolute atomic E-state index is 0. The van der Waals surface area contributed by atoms with E-state index in [9.17, 15) is 18.0 Å². The molecule has 0 rings (SSSR count). The molecular weight excluding hydrogens is 395 g/mol. The molecule has 0 saturated heterocycles.